The van der Waals surface area contributed by atoms with Crippen LogP contribution in [-0.4, -0.2) is 21.0 Å². The third-order valence-electron chi connectivity index (χ3n) is 3.39. The van der Waals surface area contributed by atoms with Gasteiger partial charge in [-0.3, -0.25) is 4.98 Å². The molecule has 2 aromatic heterocycles. The number of ether oxygens (including phenoxy) is 1. The molecule has 0 aliphatic rings. The molecule has 1 N–H and O–H groups in total. The molecule has 0 aliphatic heterocycles. The number of benzene rings is 1. The molecule has 0 saturated carbocycles. The number of aromatic nitrogens is 2. The van der Waals surface area contributed by atoms with Crippen molar-refractivity contribution in [3.8, 4) is 5.75 Å². The largest absolute Gasteiger partial charge is 0.487 e. The summed E-state index contributed by atoms with van der Waals surface area (Å²) in [5, 5.41) is 9.82. The van der Waals surface area contributed by atoms with Gasteiger partial charge in [0, 0.05) is 34.5 Å². The Labute approximate surface area is 149 Å². The molecule has 0 aliphatic carbocycles. The molecule has 0 bridgehead atoms. The van der Waals surface area contributed by atoms with Crippen LogP contribution < -0.4 is 4.74 Å². The van der Waals surface area contributed by atoms with Crippen molar-refractivity contribution < 1.29 is 14.6 Å². The van der Waals surface area contributed by atoms with Gasteiger partial charge in [-0.15, -0.1) is 11.3 Å². The van der Waals surface area contributed by atoms with E-state index in [0.717, 1.165) is 16.5 Å². The zero-order valence-electron chi connectivity index (χ0n) is 13.5. The topological polar surface area (TPSA) is 72.3 Å². The highest BCUT2D eigenvalue weighted by Crippen LogP contribution is 2.28. The molecule has 3 rings (SSSR count). The molecule has 126 valence electrons. The highest BCUT2D eigenvalue weighted by atomic mass is 32.1. The fraction of sp³-hybridized carbons (Fsp3) is 0.105. The van der Waals surface area contributed by atoms with E-state index in [0.29, 0.717) is 28.5 Å². The van der Waals surface area contributed by atoms with E-state index in [1.54, 1.807) is 24.7 Å². The summed E-state index contributed by atoms with van der Waals surface area (Å²) in [5.74, 6) is -0.454. The van der Waals surface area contributed by atoms with E-state index in [2.05, 4.69) is 9.97 Å². The number of aryl methyl sites for hydroxylation is 1. The number of rotatable bonds is 6. The molecule has 0 spiro atoms. The number of aliphatic carboxylic acids is 1. The average molecular weight is 352 g/mol. The summed E-state index contributed by atoms with van der Waals surface area (Å²) < 4.78 is 5.77. The molecule has 1 aromatic carbocycles. The van der Waals surface area contributed by atoms with Gasteiger partial charge in [0.2, 0.25) is 0 Å². The fourth-order valence-electron chi connectivity index (χ4n) is 2.26. The van der Waals surface area contributed by atoms with E-state index in [1.165, 1.54) is 11.3 Å². The molecular weight excluding hydrogens is 336 g/mol. The van der Waals surface area contributed by atoms with Crippen LogP contribution in [0.1, 0.15) is 21.0 Å². The molecule has 0 atom stereocenters. The first-order valence-electron chi connectivity index (χ1n) is 7.61. The van der Waals surface area contributed by atoms with Crippen LogP contribution in [0.25, 0.3) is 5.57 Å². The Kier molecular flexibility index (Phi) is 5.20. The summed E-state index contributed by atoms with van der Waals surface area (Å²) in [5.41, 5.74) is 2.22. The quantitative estimate of drug-likeness (QED) is 0.680. The Morgan fingerprint density at radius 3 is 2.72 bits per heavy atom. The molecule has 0 fully saturated rings. The molecule has 5 nitrogen and oxygen atoms in total. The Bertz CT molecular complexity index is 904. The molecule has 25 heavy (non-hydrogen) atoms. The summed E-state index contributed by atoms with van der Waals surface area (Å²) in [6.07, 6.45) is 6.09. The molecule has 3 aromatic rings. The standard InChI is InChI=1S/C19H16N2O3S/c1-13-9-21-19(25-13)17(8-18(22)23)15-7-16(11-20-10-15)24-12-14-5-3-2-4-6-14/h2-11H,12H2,1H3,(H,22,23). The summed E-state index contributed by atoms with van der Waals surface area (Å²) in [6, 6.07) is 11.6. The smallest absolute Gasteiger partial charge is 0.329 e. The minimum absolute atomic E-state index is 0.417. The molecule has 0 saturated heterocycles. The first kappa shape index (κ1) is 16.9. The van der Waals surface area contributed by atoms with E-state index >= 15 is 0 Å². The number of carboxylic acids is 1. The number of thiazole rings is 1. The second-order valence-electron chi connectivity index (χ2n) is 5.36. The molecular formula is C19H16N2O3S. The van der Waals surface area contributed by atoms with Gasteiger partial charge in [-0.25, -0.2) is 9.78 Å². The maximum Gasteiger partial charge on any atom is 0.329 e. The number of carboxylic acid groups (broad SMARTS) is 1. The zero-order chi connectivity index (χ0) is 17.6. The Morgan fingerprint density at radius 1 is 1.24 bits per heavy atom. The van der Waals surface area contributed by atoms with Crippen LogP contribution in [0, 0.1) is 6.92 Å². The second-order valence-corrected chi connectivity index (χ2v) is 6.59. The van der Waals surface area contributed by atoms with Crippen molar-refractivity contribution in [1.29, 1.82) is 0 Å². The first-order chi connectivity index (χ1) is 12.1. The maximum atomic E-state index is 11.2. The average Bonchev–Trinajstić information content (AvgIpc) is 3.05. The van der Waals surface area contributed by atoms with Crippen molar-refractivity contribution in [3.05, 3.63) is 82.1 Å². The number of nitrogens with zero attached hydrogens (tertiary/aromatic N) is 2. The summed E-state index contributed by atoms with van der Waals surface area (Å²) in [4.78, 5) is 20.7. The monoisotopic (exact) mass is 352 g/mol. The number of hydrogen-bond donors (Lipinski definition) is 1. The minimum atomic E-state index is -1.03. The van der Waals surface area contributed by atoms with E-state index < -0.39 is 5.97 Å². The molecule has 0 radical (unpaired) electrons. The van der Waals surface area contributed by atoms with Gasteiger partial charge in [0.25, 0.3) is 0 Å². The van der Waals surface area contributed by atoms with E-state index in [-0.39, 0.29) is 0 Å². The predicted octanol–water partition coefficient (Wildman–Crippen LogP) is 3.94. The van der Waals surface area contributed by atoms with Gasteiger partial charge >= 0.3 is 5.97 Å². The second kappa shape index (κ2) is 7.72. The lowest BCUT2D eigenvalue weighted by atomic mass is 10.1. The molecule has 2 heterocycles. The molecule has 6 heteroatoms. The van der Waals surface area contributed by atoms with Crippen molar-refractivity contribution in [3.63, 3.8) is 0 Å². The van der Waals surface area contributed by atoms with E-state index in [9.17, 15) is 9.90 Å². The third-order valence-corrected chi connectivity index (χ3v) is 4.34. The lowest BCUT2D eigenvalue weighted by Crippen LogP contribution is -1.98. The van der Waals surface area contributed by atoms with Gasteiger partial charge < -0.3 is 9.84 Å². The van der Waals surface area contributed by atoms with Crippen LogP contribution in [0.15, 0.2) is 61.1 Å². The molecule has 0 unspecified atom stereocenters. The summed E-state index contributed by atoms with van der Waals surface area (Å²) in [7, 11) is 0. The molecule has 0 amide bonds. The van der Waals surface area contributed by atoms with Crippen LogP contribution in [0.3, 0.4) is 0 Å². The Balaban J connectivity index is 1.86. The van der Waals surface area contributed by atoms with Crippen molar-refractivity contribution >= 4 is 22.9 Å². The summed E-state index contributed by atoms with van der Waals surface area (Å²) >= 11 is 1.44. The van der Waals surface area contributed by atoms with Crippen LogP contribution in [-0.2, 0) is 11.4 Å². The first-order valence-corrected chi connectivity index (χ1v) is 8.43. The van der Waals surface area contributed by atoms with Crippen LogP contribution in [0.4, 0.5) is 0 Å². The Hall–Kier alpha value is -2.99. The minimum Gasteiger partial charge on any atom is -0.487 e. The van der Waals surface area contributed by atoms with E-state index in [4.69, 9.17) is 4.74 Å². The van der Waals surface area contributed by atoms with Gasteiger partial charge in [0.1, 0.15) is 17.4 Å². The number of carbonyl (C=O) groups is 1. The van der Waals surface area contributed by atoms with Gasteiger partial charge in [-0.1, -0.05) is 30.3 Å². The number of hydrogen-bond acceptors (Lipinski definition) is 5. The Morgan fingerprint density at radius 2 is 2.04 bits per heavy atom. The van der Waals surface area contributed by atoms with Crippen LogP contribution in [0.2, 0.25) is 0 Å². The van der Waals surface area contributed by atoms with Crippen molar-refractivity contribution in [2.75, 3.05) is 0 Å². The fourth-order valence-corrected chi connectivity index (χ4v) is 3.06. The lowest BCUT2D eigenvalue weighted by molar-refractivity contribution is -0.131. The normalized spacial score (nSPS) is 11.3. The predicted molar refractivity (Wildman–Crippen MR) is 96.6 cm³/mol. The lowest BCUT2D eigenvalue weighted by Gasteiger charge is -2.09. The highest BCUT2D eigenvalue weighted by molar-refractivity contribution is 7.12. The SMILES string of the molecule is Cc1cnc(C(=CC(=O)O)c2cncc(OCc3ccccc3)c2)s1. The summed E-state index contributed by atoms with van der Waals surface area (Å²) in [6.45, 7) is 2.34. The third kappa shape index (κ3) is 4.51. The zero-order valence-corrected chi connectivity index (χ0v) is 14.4. The van der Waals surface area contributed by atoms with Gasteiger partial charge in [0.05, 0.1) is 6.20 Å². The maximum absolute atomic E-state index is 11.2. The number of pyridine rings is 1. The van der Waals surface area contributed by atoms with Gasteiger partial charge in [-0.05, 0) is 18.6 Å². The van der Waals surface area contributed by atoms with E-state index in [1.807, 2.05) is 37.3 Å². The highest BCUT2D eigenvalue weighted by Gasteiger charge is 2.12. The van der Waals surface area contributed by atoms with Crippen LogP contribution >= 0.6 is 11.3 Å². The van der Waals surface area contributed by atoms with Crippen molar-refractivity contribution in [2.45, 2.75) is 13.5 Å². The van der Waals surface area contributed by atoms with Crippen molar-refractivity contribution in [2.24, 2.45) is 0 Å². The van der Waals surface area contributed by atoms with Gasteiger partial charge in [-0.2, -0.15) is 0 Å². The van der Waals surface area contributed by atoms with Crippen LogP contribution in [0.5, 0.6) is 5.75 Å². The van der Waals surface area contributed by atoms with Gasteiger partial charge in [0.15, 0.2) is 0 Å². The van der Waals surface area contributed by atoms with Crippen molar-refractivity contribution in [1.82, 2.24) is 9.97 Å².